The molecule has 4 nitrogen and oxygen atoms in total. The summed E-state index contributed by atoms with van der Waals surface area (Å²) in [5.74, 6) is 3.02. The van der Waals surface area contributed by atoms with Crippen molar-refractivity contribution in [3.05, 3.63) is 0 Å². The van der Waals surface area contributed by atoms with Gasteiger partial charge >= 0.3 is 11.9 Å². The van der Waals surface area contributed by atoms with Crippen molar-refractivity contribution in [2.24, 2.45) is 40.4 Å². The van der Waals surface area contributed by atoms with Gasteiger partial charge in [0.1, 0.15) is 12.2 Å². The third-order valence-corrected chi connectivity index (χ3v) is 10.1. The Balaban J connectivity index is 1.43. The van der Waals surface area contributed by atoms with E-state index >= 15 is 0 Å². The van der Waals surface area contributed by atoms with Crippen molar-refractivity contribution >= 4 is 11.9 Å². The number of hydrogen-bond donors (Lipinski definition) is 0. The summed E-state index contributed by atoms with van der Waals surface area (Å²) in [4.78, 5) is 24.6. The molecule has 0 aromatic carbocycles. The maximum Gasteiger partial charge on any atom is 0.313 e. The maximum atomic E-state index is 13.1. The first-order valence-electron chi connectivity index (χ1n) is 11.7. The fourth-order valence-corrected chi connectivity index (χ4v) is 8.70. The Morgan fingerprint density at radius 3 is 2.54 bits per heavy atom. The molecule has 1 heterocycles. The van der Waals surface area contributed by atoms with Gasteiger partial charge in [-0.3, -0.25) is 9.59 Å². The lowest BCUT2D eigenvalue weighted by Gasteiger charge is -2.48. The Morgan fingerprint density at radius 1 is 1.00 bits per heavy atom. The number of esters is 2. The van der Waals surface area contributed by atoms with Crippen molar-refractivity contribution < 1.29 is 19.1 Å². The zero-order chi connectivity index (χ0) is 19.7. The van der Waals surface area contributed by atoms with Gasteiger partial charge in [-0.15, -0.1) is 0 Å². The molecule has 0 N–H and O–H groups in total. The predicted molar refractivity (Wildman–Crippen MR) is 105 cm³/mol. The monoisotopic (exact) mass is 388 g/mol. The third kappa shape index (κ3) is 2.55. The van der Waals surface area contributed by atoms with Gasteiger partial charge in [0, 0.05) is 12.8 Å². The van der Waals surface area contributed by atoms with E-state index < -0.39 is 0 Å². The molecule has 1 aliphatic heterocycles. The summed E-state index contributed by atoms with van der Waals surface area (Å²) in [5, 5.41) is 0. The Bertz CT molecular complexity index is 674. The topological polar surface area (TPSA) is 52.6 Å². The highest BCUT2D eigenvalue weighted by Crippen LogP contribution is 2.66. The van der Waals surface area contributed by atoms with Crippen LogP contribution in [0.25, 0.3) is 0 Å². The average molecular weight is 389 g/mol. The van der Waals surface area contributed by atoms with Crippen LogP contribution < -0.4 is 0 Å². The van der Waals surface area contributed by atoms with E-state index in [-0.39, 0.29) is 29.6 Å². The minimum absolute atomic E-state index is 0.111. The number of carbonyl (C=O) groups is 2. The molecule has 5 aliphatic rings. The zero-order valence-electron chi connectivity index (χ0n) is 17.7. The first-order chi connectivity index (χ1) is 13.3. The highest BCUT2D eigenvalue weighted by Gasteiger charge is 2.66. The van der Waals surface area contributed by atoms with E-state index in [9.17, 15) is 9.59 Å². The number of rotatable bonds is 1. The molecule has 0 radical (unpaired) electrons. The van der Waals surface area contributed by atoms with Crippen molar-refractivity contribution in [2.75, 3.05) is 0 Å². The Morgan fingerprint density at radius 2 is 1.75 bits per heavy atom. The molecule has 28 heavy (non-hydrogen) atoms. The van der Waals surface area contributed by atoms with E-state index in [0.29, 0.717) is 35.0 Å². The minimum Gasteiger partial charge on any atom is -0.463 e. The molecule has 1 spiro atoms. The van der Waals surface area contributed by atoms with Gasteiger partial charge in [0.2, 0.25) is 0 Å². The second-order valence-electron chi connectivity index (χ2n) is 11.0. The summed E-state index contributed by atoms with van der Waals surface area (Å²) in [6, 6.07) is 0. The van der Waals surface area contributed by atoms with E-state index in [0.717, 1.165) is 25.7 Å². The first-order valence-corrected chi connectivity index (χ1v) is 11.7. The second-order valence-corrected chi connectivity index (χ2v) is 11.0. The average Bonchev–Trinajstić information content (AvgIpc) is 3.01. The Kier molecular flexibility index (Phi) is 4.38. The highest BCUT2D eigenvalue weighted by atomic mass is 16.6. The van der Waals surface area contributed by atoms with Gasteiger partial charge < -0.3 is 9.47 Å². The molecule has 9 atom stereocenters. The van der Waals surface area contributed by atoms with Gasteiger partial charge in [-0.05, 0) is 100 Å². The molecule has 4 heteroatoms. The van der Waals surface area contributed by atoms with E-state index in [2.05, 4.69) is 13.8 Å². The lowest BCUT2D eigenvalue weighted by atomic mass is 9.58. The number of fused-ring (bicyclic) bond motifs is 5. The van der Waals surface area contributed by atoms with Crippen LogP contribution in [0.4, 0.5) is 0 Å². The van der Waals surface area contributed by atoms with Crippen LogP contribution in [0.1, 0.15) is 85.0 Å². The van der Waals surface area contributed by atoms with Crippen LogP contribution in [0.2, 0.25) is 0 Å². The van der Waals surface area contributed by atoms with Crippen LogP contribution in [-0.2, 0) is 19.1 Å². The second kappa shape index (κ2) is 6.47. The molecule has 0 aromatic rings. The number of ether oxygens (including phenoxy) is 2. The standard InChI is InChI=1S/C24H36O4/c1-14-20-6-7-21-16-4-5-17-13-19(28-15(2)25)9-10-23(17,3)18(12-16)8-11-24(20,21)22(26)27-14/h14,16-21H,4-13H2,1-3H3/t14?,16-,17+,18+,19-,20?,21+,23+,24?/m1/s1. The van der Waals surface area contributed by atoms with Gasteiger partial charge in [0.25, 0.3) is 0 Å². The van der Waals surface area contributed by atoms with E-state index in [1.807, 2.05) is 0 Å². The molecule has 4 saturated carbocycles. The Labute approximate surface area is 169 Å². The number of cyclic esters (lactones) is 1. The Hall–Kier alpha value is -1.06. The van der Waals surface area contributed by atoms with E-state index in [1.165, 1.54) is 45.4 Å². The molecule has 2 bridgehead atoms. The molecule has 5 fully saturated rings. The largest absolute Gasteiger partial charge is 0.463 e. The molecule has 0 amide bonds. The van der Waals surface area contributed by atoms with Gasteiger partial charge in [-0.2, -0.15) is 0 Å². The quantitative estimate of drug-likeness (QED) is 0.600. The zero-order valence-corrected chi connectivity index (χ0v) is 17.7. The third-order valence-electron chi connectivity index (χ3n) is 10.1. The van der Waals surface area contributed by atoms with Crippen LogP contribution in [0.3, 0.4) is 0 Å². The van der Waals surface area contributed by atoms with Crippen LogP contribution in [0, 0.1) is 40.4 Å². The molecular formula is C24H36O4. The molecule has 0 aromatic heterocycles. The summed E-state index contributed by atoms with van der Waals surface area (Å²) in [5.41, 5.74) is 0.168. The van der Waals surface area contributed by atoms with Gasteiger partial charge in [0.15, 0.2) is 0 Å². The molecule has 5 rings (SSSR count). The number of carbonyl (C=O) groups excluding carboxylic acids is 2. The lowest BCUT2D eigenvalue weighted by molar-refractivity contribution is -0.152. The summed E-state index contributed by atoms with van der Waals surface area (Å²) < 4.78 is 11.4. The fraction of sp³-hybridized carbons (Fsp3) is 0.917. The minimum atomic E-state index is -0.170. The van der Waals surface area contributed by atoms with Gasteiger partial charge in [-0.1, -0.05) is 6.92 Å². The molecular weight excluding hydrogens is 352 g/mol. The summed E-state index contributed by atoms with van der Waals surface area (Å²) in [6.07, 6.45) is 11.8. The summed E-state index contributed by atoms with van der Waals surface area (Å²) in [6.45, 7) is 6.17. The molecule has 156 valence electrons. The fourth-order valence-electron chi connectivity index (χ4n) is 8.70. The van der Waals surface area contributed by atoms with Crippen molar-refractivity contribution in [3.8, 4) is 0 Å². The smallest absolute Gasteiger partial charge is 0.313 e. The van der Waals surface area contributed by atoms with Crippen molar-refractivity contribution in [1.29, 1.82) is 0 Å². The van der Waals surface area contributed by atoms with E-state index in [1.54, 1.807) is 0 Å². The van der Waals surface area contributed by atoms with Crippen LogP contribution in [0.15, 0.2) is 0 Å². The van der Waals surface area contributed by atoms with Gasteiger partial charge in [-0.25, -0.2) is 0 Å². The van der Waals surface area contributed by atoms with Crippen LogP contribution >= 0.6 is 0 Å². The number of hydrogen-bond acceptors (Lipinski definition) is 4. The normalized spacial score (nSPS) is 52.5. The summed E-state index contributed by atoms with van der Waals surface area (Å²) >= 11 is 0. The van der Waals surface area contributed by atoms with Crippen LogP contribution in [0.5, 0.6) is 0 Å². The molecule has 4 aliphatic carbocycles. The first kappa shape index (κ1) is 18.9. The lowest BCUT2D eigenvalue weighted by Crippen LogP contribution is -2.42. The van der Waals surface area contributed by atoms with Crippen molar-refractivity contribution in [2.45, 2.75) is 97.2 Å². The SMILES string of the molecule is CC(=O)O[C@@H]1CC[C@@]2(C)[C@@H](CC[C@@H]3C[C@@H]2CCC24C(=O)OC(C)C2CC[C@@H]34)C1. The predicted octanol–water partition coefficient (Wildman–Crippen LogP) is 4.89. The maximum absolute atomic E-state index is 13.1. The van der Waals surface area contributed by atoms with Gasteiger partial charge in [0.05, 0.1) is 5.41 Å². The molecule has 1 saturated heterocycles. The van der Waals surface area contributed by atoms with Crippen molar-refractivity contribution in [1.82, 2.24) is 0 Å². The highest BCUT2D eigenvalue weighted by molar-refractivity contribution is 5.81. The van der Waals surface area contributed by atoms with Crippen LogP contribution in [-0.4, -0.2) is 24.1 Å². The molecule has 3 unspecified atom stereocenters. The summed E-state index contributed by atoms with van der Waals surface area (Å²) in [7, 11) is 0. The van der Waals surface area contributed by atoms with Crippen molar-refractivity contribution in [3.63, 3.8) is 0 Å². The van der Waals surface area contributed by atoms with E-state index in [4.69, 9.17) is 9.47 Å².